The van der Waals surface area contributed by atoms with Crippen LogP contribution in [0.2, 0.25) is 0 Å². The SMILES string of the molecule is CC(NC(=O)CN1CCOC(C(=O)O)C1)c1ccco1. The Labute approximate surface area is 116 Å². The molecule has 1 aromatic rings. The molecule has 1 amide bonds. The summed E-state index contributed by atoms with van der Waals surface area (Å²) < 4.78 is 10.3. The first kappa shape index (κ1) is 14.5. The van der Waals surface area contributed by atoms with Crippen molar-refractivity contribution in [1.29, 1.82) is 0 Å². The number of nitrogens with one attached hydrogen (secondary N) is 1. The van der Waals surface area contributed by atoms with Crippen LogP contribution < -0.4 is 5.32 Å². The van der Waals surface area contributed by atoms with Crippen LogP contribution in [0.1, 0.15) is 18.7 Å². The van der Waals surface area contributed by atoms with E-state index in [-0.39, 0.29) is 25.0 Å². The Morgan fingerprint density at radius 3 is 3.05 bits per heavy atom. The first-order chi connectivity index (χ1) is 9.56. The molecule has 2 rings (SSSR count). The van der Waals surface area contributed by atoms with Gasteiger partial charge in [0.1, 0.15) is 5.76 Å². The number of furan rings is 1. The smallest absolute Gasteiger partial charge is 0.334 e. The van der Waals surface area contributed by atoms with Crippen LogP contribution in [0.5, 0.6) is 0 Å². The molecule has 110 valence electrons. The second kappa shape index (κ2) is 6.53. The van der Waals surface area contributed by atoms with E-state index in [2.05, 4.69) is 5.32 Å². The lowest BCUT2D eigenvalue weighted by Crippen LogP contribution is -2.49. The van der Waals surface area contributed by atoms with Gasteiger partial charge in [-0.05, 0) is 19.1 Å². The summed E-state index contributed by atoms with van der Waals surface area (Å²) in [6.45, 7) is 3.07. The van der Waals surface area contributed by atoms with Crippen molar-refractivity contribution in [2.45, 2.75) is 19.1 Å². The van der Waals surface area contributed by atoms with Crippen LogP contribution in [-0.4, -0.2) is 54.2 Å². The fraction of sp³-hybridized carbons (Fsp3) is 0.538. The van der Waals surface area contributed by atoms with Gasteiger partial charge in [0.05, 0.1) is 25.5 Å². The Morgan fingerprint density at radius 2 is 2.40 bits per heavy atom. The molecule has 2 N–H and O–H groups in total. The van der Waals surface area contributed by atoms with Crippen molar-refractivity contribution in [2.75, 3.05) is 26.2 Å². The lowest BCUT2D eigenvalue weighted by atomic mass is 10.2. The van der Waals surface area contributed by atoms with Crippen molar-refractivity contribution < 1.29 is 23.8 Å². The summed E-state index contributed by atoms with van der Waals surface area (Å²) in [4.78, 5) is 24.5. The molecule has 0 spiro atoms. The molecule has 0 bridgehead atoms. The zero-order chi connectivity index (χ0) is 14.5. The van der Waals surface area contributed by atoms with Crippen LogP contribution >= 0.6 is 0 Å². The quantitative estimate of drug-likeness (QED) is 0.804. The van der Waals surface area contributed by atoms with E-state index in [1.54, 1.807) is 23.3 Å². The van der Waals surface area contributed by atoms with E-state index in [9.17, 15) is 9.59 Å². The fourth-order valence-corrected chi connectivity index (χ4v) is 2.09. The molecule has 0 radical (unpaired) electrons. The highest BCUT2D eigenvalue weighted by atomic mass is 16.5. The monoisotopic (exact) mass is 282 g/mol. The minimum atomic E-state index is -1.00. The van der Waals surface area contributed by atoms with Gasteiger partial charge < -0.3 is 19.6 Å². The molecule has 1 aliphatic heterocycles. The van der Waals surface area contributed by atoms with Crippen molar-refractivity contribution in [3.8, 4) is 0 Å². The van der Waals surface area contributed by atoms with Crippen LogP contribution in [0.4, 0.5) is 0 Å². The number of amides is 1. The van der Waals surface area contributed by atoms with Gasteiger partial charge in [0.15, 0.2) is 6.10 Å². The molecule has 20 heavy (non-hydrogen) atoms. The largest absolute Gasteiger partial charge is 0.479 e. The summed E-state index contributed by atoms with van der Waals surface area (Å²) in [7, 11) is 0. The lowest BCUT2D eigenvalue weighted by molar-refractivity contribution is -0.156. The average molecular weight is 282 g/mol. The Bertz CT molecular complexity index is 459. The van der Waals surface area contributed by atoms with Gasteiger partial charge in [-0.1, -0.05) is 0 Å². The molecule has 1 fully saturated rings. The molecule has 0 saturated carbocycles. The summed E-state index contributed by atoms with van der Waals surface area (Å²) in [5.41, 5.74) is 0. The van der Waals surface area contributed by atoms with Crippen molar-refractivity contribution in [2.24, 2.45) is 0 Å². The molecule has 1 saturated heterocycles. The number of carbonyl (C=O) groups excluding carboxylic acids is 1. The maximum Gasteiger partial charge on any atom is 0.334 e. The number of morpholine rings is 1. The second-order valence-corrected chi connectivity index (χ2v) is 4.74. The minimum Gasteiger partial charge on any atom is -0.479 e. The molecule has 1 aromatic heterocycles. The standard InChI is InChI=1S/C13H18N2O5/c1-9(10-3-2-5-19-10)14-12(16)8-15-4-6-20-11(7-15)13(17)18/h2-3,5,9,11H,4,6-8H2,1H3,(H,14,16)(H,17,18). The van der Waals surface area contributed by atoms with Crippen LogP contribution in [0.3, 0.4) is 0 Å². The van der Waals surface area contributed by atoms with Crippen LogP contribution in [0, 0.1) is 0 Å². The third-order valence-corrected chi connectivity index (χ3v) is 3.14. The summed E-state index contributed by atoms with van der Waals surface area (Å²) in [5, 5.41) is 11.7. The number of rotatable bonds is 5. The lowest BCUT2D eigenvalue weighted by Gasteiger charge is -2.30. The zero-order valence-corrected chi connectivity index (χ0v) is 11.2. The Morgan fingerprint density at radius 1 is 1.60 bits per heavy atom. The third-order valence-electron chi connectivity index (χ3n) is 3.14. The summed E-state index contributed by atoms with van der Waals surface area (Å²) >= 11 is 0. The fourth-order valence-electron chi connectivity index (χ4n) is 2.09. The number of carboxylic acids is 1. The Kier molecular flexibility index (Phi) is 4.75. The van der Waals surface area contributed by atoms with Crippen LogP contribution in [0.25, 0.3) is 0 Å². The maximum atomic E-state index is 11.9. The summed E-state index contributed by atoms with van der Waals surface area (Å²) in [5.74, 6) is -0.484. The van der Waals surface area contributed by atoms with Gasteiger partial charge in [0.2, 0.25) is 5.91 Å². The summed E-state index contributed by atoms with van der Waals surface area (Å²) in [6, 6.07) is 3.34. The second-order valence-electron chi connectivity index (χ2n) is 4.74. The van der Waals surface area contributed by atoms with Gasteiger partial charge in [-0.25, -0.2) is 4.79 Å². The zero-order valence-electron chi connectivity index (χ0n) is 11.2. The molecule has 0 aromatic carbocycles. The highest BCUT2D eigenvalue weighted by Crippen LogP contribution is 2.12. The van der Waals surface area contributed by atoms with Crippen LogP contribution in [-0.2, 0) is 14.3 Å². The molecule has 7 nitrogen and oxygen atoms in total. The third kappa shape index (κ3) is 3.82. The van der Waals surface area contributed by atoms with E-state index >= 15 is 0 Å². The molecule has 2 heterocycles. The van der Waals surface area contributed by atoms with Gasteiger partial charge in [-0.15, -0.1) is 0 Å². The van der Waals surface area contributed by atoms with E-state index in [0.29, 0.717) is 18.9 Å². The Balaban J connectivity index is 1.80. The summed E-state index contributed by atoms with van der Waals surface area (Å²) in [6.07, 6.45) is 0.691. The number of hydrogen-bond acceptors (Lipinski definition) is 5. The molecular formula is C13H18N2O5. The Hall–Kier alpha value is -1.86. The molecule has 1 aliphatic rings. The van der Waals surface area contributed by atoms with E-state index in [1.165, 1.54) is 0 Å². The maximum absolute atomic E-state index is 11.9. The van der Waals surface area contributed by atoms with Gasteiger partial charge in [0.25, 0.3) is 0 Å². The number of nitrogens with zero attached hydrogens (tertiary/aromatic N) is 1. The topological polar surface area (TPSA) is 92.0 Å². The van der Waals surface area contributed by atoms with E-state index in [4.69, 9.17) is 14.3 Å². The van der Waals surface area contributed by atoms with Gasteiger partial charge in [-0.3, -0.25) is 9.69 Å². The number of carbonyl (C=O) groups is 2. The van der Waals surface area contributed by atoms with Crippen molar-refractivity contribution in [1.82, 2.24) is 10.2 Å². The molecular weight excluding hydrogens is 264 g/mol. The highest BCUT2D eigenvalue weighted by molar-refractivity contribution is 5.78. The normalized spacial score (nSPS) is 21.4. The number of carboxylic acid groups (broad SMARTS) is 1. The van der Waals surface area contributed by atoms with Crippen LogP contribution in [0.15, 0.2) is 22.8 Å². The predicted molar refractivity (Wildman–Crippen MR) is 69.1 cm³/mol. The number of ether oxygens (including phenoxy) is 1. The molecule has 0 aliphatic carbocycles. The van der Waals surface area contributed by atoms with Crippen molar-refractivity contribution in [3.05, 3.63) is 24.2 Å². The number of aliphatic carboxylic acids is 1. The van der Waals surface area contributed by atoms with Gasteiger partial charge in [0, 0.05) is 13.1 Å². The predicted octanol–water partition coefficient (Wildman–Crippen LogP) is 0.242. The average Bonchev–Trinajstić information content (AvgIpc) is 2.92. The van der Waals surface area contributed by atoms with Crippen molar-refractivity contribution >= 4 is 11.9 Å². The molecule has 7 heteroatoms. The highest BCUT2D eigenvalue weighted by Gasteiger charge is 2.27. The first-order valence-corrected chi connectivity index (χ1v) is 6.46. The minimum absolute atomic E-state index is 0.151. The van der Waals surface area contributed by atoms with E-state index < -0.39 is 12.1 Å². The van der Waals surface area contributed by atoms with E-state index in [1.807, 2.05) is 6.92 Å². The number of hydrogen-bond donors (Lipinski definition) is 2. The van der Waals surface area contributed by atoms with Crippen molar-refractivity contribution in [3.63, 3.8) is 0 Å². The van der Waals surface area contributed by atoms with E-state index in [0.717, 1.165) is 0 Å². The molecule has 2 atom stereocenters. The first-order valence-electron chi connectivity index (χ1n) is 6.46. The molecule has 2 unspecified atom stereocenters. The van der Waals surface area contributed by atoms with Gasteiger partial charge >= 0.3 is 5.97 Å². The van der Waals surface area contributed by atoms with Gasteiger partial charge in [-0.2, -0.15) is 0 Å².